The first-order chi connectivity index (χ1) is 8.58. The summed E-state index contributed by atoms with van der Waals surface area (Å²) in [6.07, 6.45) is 4.01. The van der Waals surface area contributed by atoms with E-state index in [1.54, 1.807) is 0 Å². The Morgan fingerprint density at radius 2 is 1.89 bits per heavy atom. The normalized spacial score (nSPS) is 28.1. The molecular weight excluding hydrogens is 290 g/mol. The number of hydrogen-bond donors (Lipinski definition) is 1. The highest BCUT2D eigenvalue weighted by Gasteiger charge is 2.25. The molecule has 18 heavy (non-hydrogen) atoms. The minimum Gasteiger partial charge on any atom is -0.490 e. The Morgan fingerprint density at radius 1 is 1.22 bits per heavy atom. The summed E-state index contributed by atoms with van der Waals surface area (Å²) >= 11 is 3.50. The molecule has 1 aliphatic rings. The lowest BCUT2D eigenvalue weighted by molar-refractivity contribution is 0.101. The fraction of sp³-hybridized carbons (Fsp3) is 0.600. The molecule has 1 aromatic rings. The molecule has 3 heteroatoms. The fourth-order valence-corrected chi connectivity index (χ4v) is 3.35. The molecule has 0 aromatic heterocycles. The van der Waals surface area contributed by atoms with Gasteiger partial charge in [-0.15, -0.1) is 0 Å². The number of rotatable bonds is 3. The Balaban J connectivity index is 2.04. The maximum absolute atomic E-state index is 6.12. The molecule has 1 aliphatic carbocycles. The third-order valence-corrected chi connectivity index (χ3v) is 4.45. The fourth-order valence-electron chi connectivity index (χ4n) is 2.94. The molecule has 2 unspecified atom stereocenters. The lowest BCUT2D eigenvalue weighted by Gasteiger charge is -2.31. The van der Waals surface area contributed by atoms with Gasteiger partial charge in [0.1, 0.15) is 5.75 Å². The summed E-state index contributed by atoms with van der Waals surface area (Å²) in [5, 5.41) is 0. The van der Waals surface area contributed by atoms with Crippen LogP contribution in [-0.4, -0.2) is 6.10 Å². The van der Waals surface area contributed by atoms with E-state index in [-0.39, 0.29) is 0 Å². The van der Waals surface area contributed by atoms with Gasteiger partial charge in [-0.1, -0.05) is 29.8 Å². The highest BCUT2D eigenvalue weighted by Crippen LogP contribution is 2.32. The lowest BCUT2D eigenvalue weighted by Crippen LogP contribution is -2.28. The predicted octanol–water partition coefficient (Wildman–Crippen LogP) is 4.11. The van der Waals surface area contributed by atoms with Gasteiger partial charge in [-0.3, -0.25) is 0 Å². The first-order valence-corrected chi connectivity index (χ1v) is 7.53. The van der Waals surface area contributed by atoms with Crippen LogP contribution in [0.3, 0.4) is 0 Å². The van der Waals surface area contributed by atoms with Crippen molar-refractivity contribution in [2.75, 3.05) is 0 Å². The van der Waals surface area contributed by atoms with Crippen molar-refractivity contribution >= 4 is 15.9 Å². The van der Waals surface area contributed by atoms with E-state index in [0.717, 1.165) is 27.6 Å². The summed E-state index contributed by atoms with van der Waals surface area (Å²) in [7, 11) is 0. The highest BCUT2D eigenvalue weighted by atomic mass is 79.9. The van der Waals surface area contributed by atoms with Crippen LogP contribution < -0.4 is 10.5 Å². The molecule has 1 aromatic carbocycles. The Morgan fingerprint density at radius 3 is 2.50 bits per heavy atom. The van der Waals surface area contributed by atoms with Crippen molar-refractivity contribution in [2.24, 2.45) is 17.6 Å². The molecule has 100 valence electrons. The van der Waals surface area contributed by atoms with Crippen LogP contribution in [0.1, 0.15) is 38.7 Å². The average molecular weight is 312 g/mol. The van der Waals surface area contributed by atoms with Gasteiger partial charge in [0, 0.05) is 11.0 Å². The van der Waals surface area contributed by atoms with Crippen LogP contribution >= 0.6 is 15.9 Å². The summed E-state index contributed by atoms with van der Waals surface area (Å²) < 4.78 is 7.18. The van der Waals surface area contributed by atoms with Crippen molar-refractivity contribution in [2.45, 2.75) is 45.8 Å². The first kappa shape index (κ1) is 13.9. The van der Waals surface area contributed by atoms with Crippen LogP contribution in [0.25, 0.3) is 0 Å². The standard InChI is InChI=1S/C15H22BrNO/c1-10-5-11(2)7-14(6-10)18-13-3-4-15(16)12(8-13)9-17/h3-4,8,10-11,14H,5-7,9,17H2,1-2H3. The smallest absolute Gasteiger partial charge is 0.120 e. The quantitative estimate of drug-likeness (QED) is 0.911. The maximum atomic E-state index is 6.12. The van der Waals surface area contributed by atoms with E-state index in [0.29, 0.717) is 12.6 Å². The number of hydrogen-bond acceptors (Lipinski definition) is 2. The highest BCUT2D eigenvalue weighted by molar-refractivity contribution is 9.10. The largest absolute Gasteiger partial charge is 0.490 e. The Labute approximate surface area is 118 Å². The summed E-state index contributed by atoms with van der Waals surface area (Å²) in [5.41, 5.74) is 6.81. The minimum absolute atomic E-state index is 0.357. The molecule has 0 radical (unpaired) electrons. The molecule has 2 nitrogen and oxygen atoms in total. The first-order valence-electron chi connectivity index (χ1n) is 6.73. The van der Waals surface area contributed by atoms with E-state index in [2.05, 4.69) is 29.8 Å². The van der Waals surface area contributed by atoms with Crippen molar-refractivity contribution in [3.63, 3.8) is 0 Å². The van der Waals surface area contributed by atoms with Crippen LogP contribution in [0, 0.1) is 11.8 Å². The molecule has 0 heterocycles. The van der Waals surface area contributed by atoms with Crippen molar-refractivity contribution in [1.29, 1.82) is 0 Å². The van der Waals surface area contributed by atoms with Gasteiger partial charge >= 0.3 is 0 Å². The molecule has 0 bridgehead atoms. The second kappa shape index (κ2) is 6.07. The van der Waals surface area contributed by atoms with Gasteiger partial charge in [0.2, 0.25) is 0 Å². The zero-order valence-corrected chi connectivity index (χ0v) is 12.7. The Kier molecular flexibility index (Phi) is 4.68. The van der Waals surface area contributed by atoms with Gasteiger partial charge in [0.15, 0.2) is 0 Å². The van der Waals surface area contributed by atoms with Crippen molar-refractivity contribution in [3.8, 4) is 5.75 Å². The monoisotopic (exact) mass is 311 g/mol. The van der Waals surface area contributed by atoms with Crippen molar-refractivity contribution in [3.05, 3.63) is 28.2 Å². The van der Waals surface area contributed by atoms with Crippen LogP contribution in [0.5, 0.6) is 5.75 Å². The number of nitrogens with two attached hydrogens (primary N) is 1. The lowest BCUT2D eigenvalue weighted by atomic mass is 9.82. The molecule has 1 saturated carbocycles. The molecular formula is C15H22BrNO. The SMILES string of the molecule is CC1CC(C)CC(Oc2ccc(Br)c(CN)c2)C1. The Bertz CT molecular complexity index is 397. The molecule has 0 spiro atoms. The number of benzene rings is 1. The van der Waals surface area contributed by atoms with E-state index in [4.69, 9.17) is 10.5 Å². The van der Waals surface area contributed by atoms with E-state index >= 15 is 0 Å². The van der Waals surface area contributed by atoms with Gasteiger partial charge in [-0.2, -0.15) is 0 Å². The van der Waals surface area contributed by atoms with Crippen LogP contribution in [0.4, 0.5) is 0 Å². The van der Waals surface area contributed by atoms with Crippen LogP contribution in [0.15, 0.2) is 22.7 Å². The van der Waals surface area contributed by atoms with Gasteiger partial charge in [-0.25, -0.2) is 0 Å². The Hall–Kier alpha value is -0.540. The third kappa shape index (κ3) is 3.48. The predicted molar refractivity (Wildman–Crippen MR) is 78.6 cm³/mol. The van der Waals surface area contributed by atoms with E-state index in [9.17, 15) is 0 Å². The summed E-state index contributed by atoms with van der Waals surface area (Å²) in [6, 6.07) is 6.09. The van der Waals surface area contributed by atoms with Gasteiger partial charge in [-0.05, 0) is 54.9 Å². The summed E-state index contributed by atoms with van der Waals surface area (Å²) in [6.45, 7) is 5.17. The van der Waals surface area contributed by atoms with E-state index in [1.807, 2.05) is 18.2 Å². The molecule has 2 N–H and O–H groups in total. The second-order valence-electron chi connectivity index (χ2n) is 5.61. The van der Waals surface area contributed by atoms with Gasteiger partial charge in [0.05, 0.1) is 6.10 Å². The van der Waals surface area contributed by atoms with Gasteiger partial charge < -0.3 is 10.5 Å². The zero-order chi connectivity index (χ0) is 13.1. The topological polar surface area (TPSA) is 35.2 Å². The molecule has 0 amide bonds. The molecule has 0 saturated heterocycles. The number of halogens is 1. The third-order valence-electron chi connectivity index (χ3n) is 3.68. The molecule has 1 fully saturated rings. The van der Waals surface area contributed by atoms with Crippen molar-refractivity contribution < 1.29 is 4.74 Å². The minimum atomic E-state index is 0.357. The molecule has 2 atom stereocenters. The van der Waals surface area contributed by atoms with Crippen LogP contribution in [0.2, 0.25) is 0 Å². The molecule has 2 rings (SSSR count). The van der Waals surface area contributed by atoms with Crippen molar-refractivity contribution in [1.82, 2.24) is 0 Å². The average Bonchev–Trinajstić information content (AvgIpc) is 2.30. The van der Waals surface area contributed by atoms with Crippen LogP contribution in [-0.2, 0) is 6.54 Å². The molecule has 0 aliphatic heterocycles. The summed E-state index contributed by atoms with van der Waals surface area (Å²) in [4.78, 5) is 0. The number of ether oxygens (including phenoxy) is 1. The van der Waals surface area contributed by atoms with Gasteiger partial charge in [0.25, 0.3) is 0 Å². The van der Waals surface area contributed by atoms with E-state index in [1.165, 1.54) is 19.3 Å². The van der Waals surface area contributed by atoms with E-state index < -0.39 is 0 Å². The maximum Gasteiger partial charge on any atom is 0.120 e. The zero-order valence-electron chi connectivity index (χ0n) is 11.2. The summed E-state index contributed by atoms with van der Waals surface area (Å²) in [5.74, 6) is 2.48. The second-order valence-corrected chi connectivity index (χ2v) is 6.47.